The van der Waals surface area contributed by atoms with Gasteiger partial charge in [-0.05, 0) is 32.0 Å². The number of cyclic esters (lactones) is 1. The third-order valence-electron chi connectivity index (χ3n) is 4.99. The molecule has 1 aromatic heterocycles. The summed E-state index contributed by atoms with van der Waals surface area (Å²) in [5, 5.41) is 7.00. The summed E-state index contributed by atoms with van der Waals surface area (Å²) in [6, 6.07) is 5.69. The fourth-order valence-electron chi connectivity index (χ4n) is 3.60. The highest BCUT2D eigenvalue weighted by Gasteiger charge is 2.41. The zero-order valence-corrected chi connectivity index (χ0v) is 15.9. The number of nitrogens with zero attached hydrogens (tertiary/aromatic N) is 3. The number of nitrogens with one attached hydrogen (secondary N) is 1. The van der Waals surface area contributed by atoms with Crippen molar-refractivity contribution in [3.05, 3.63) is 35.7 Å². The van der Waals surface area contributed by atoms with Crippen molar-refractivity contribution < 1.29 is 19.1 Å². The first kappa shape index (κ1) is 18.0. The number of oxime groups is 1. The Morgan fingerprint density at radius 3 is 2.89 bits per heavy atom. The lowest BCUT2D eigenvalue weighted by molar-refractivity contribution is 0.0487. The van der Waals surface area contributed by atoms with Crippen LogP contribution in [0.25, 0.3) is 11.3 Å². The first-order chi connectivity index (χ1) is 13.4. The van der Waals surface area contributed by atoms with Crippen LogP contribution in [0.3, 0.4) is 0 Å². The Balaban J connectivity index is 1.78. The predicted molar refractivity (Wildman–Crippen MR) is 102 cm³/mol. The number of fused-ring (bicyclic) bond motifs is 3. The molecule has 2 aliphatic rings. The number of alkyl carbamates (subject to hydrolysis) is 1. The highest BCUT2D eigenvalue weighted by atomic mass is 16.7. The van der Waals surface area contributed by atoms with Crippen LogP contribution in [0.15, 0.2) is 29.7 Å². The molecule has 146 valence electrons. The van der Waals surface area contributed by atoms with Gasteiger partial charge in [-0.25, -0.2) is 14.8 Å². The van der Waals surface area contributed by atoms with Crippen LogP contribution in [0.2, 0.25) is 0 Å². The van der Waals surface area contributed by atoms with E-state index in [-0.39, 0.29) is 12.7 Å². The number of hydrogen-bond donors (Lipinski definition) is 2. The Labute approximate surface area is 161 Å². The molecule has 0 saturated carbocycles. The van der Waals surface area contributed by atoms with E-state index in [4.69, 9.17) is 20.0 Å². The lowest BCUT2D eigenvalue weighted by Gasteiger charge is -2.34. The molecule has 0 spiro atoms. The van der Waals surface area contributed by atoms with Crippen molar-refractivity contribution in [2.75, 3.05) is 26.0 Å². The number of nitrogens with two attached hydrogens (primary N) is 1. The number of hydrogen-bond acceptors (Lipinski definition) is 8. The Morgan fingerprint density at radius 1 is 1.36 bits per heavy atom. The normalized spacial score (nSPS) is 20.8. The molecule has 0 unspecified atom stereocenters. The summed E-state index contributed by atoms with van der Waals surface area (Å²) in [6.45, 7) is 4.52. The number of anilines is 1. The van der Waals surface area contributed by atoms with Gasteiger partial charge in [0.2, 0.25) is 0 Å². The van der Waals surface area contributed by atoms with E-state index >= 15 is 0 Å². The van der Waals surface area contributed by atoms with E-state index in [1.54, 1.807) is 7.11 Å². The van der Waals surface area contributed by atoms with Crippen LogP contribution in [0.5, 0.6) is 5.75 Å². The van der Waals surface area contributed by atoms with Crippen molar-refractivity contribution >= 4 is 17.6 Å². The van der Waals surface area contributed by atoms with E-state index in [0.717, 1.165) is 22.4 Å². The number of rotatable bonds is 4. The lowest BCUT2D eigenvalue weighted by atomic mass is 9.70. The number of nitrogen functional groups attached to an aromatic ring is 1. The molecule has 28 heavy (non-hydrogen) atoms. The molecule has 1 amide bonds. The van der Waals surface area contributed by atoms with Gasteiger partial charge in [0.05, 0.1) is 25.1 Å². The summed E-state index contributed by atoms with van der Waals surface area (Å²) in [5.41, 5.74) is 9.55. The Bertz CT molecular complexity index is 973. The average molecular weight is 383 g/mol. The Hall–Kier alpha value is -3.36. The number of ether oxygens (including phenoxy) is 2. The Kier molecular flexibility index (Phi) is 4.29. The summed E-state index contributed by atoms with van der Waals surface area (Å²) in [5.74, 6) is 1.10. The zero-order chi connectivity index (χ0) is 19.9. The number of benzene rings is 1. The second-order valence-electron chi connectivity index (χ2n) is 7.16. The molecule has 3 N–H and O–H groups in total. The number of amides is 1. The summed E-state index contributed by atoms with van der Waals surface area (Å²) < 4.78 is 10.5. The minimum absolute atomic E-state index is 0.144. The maximum Gasteiger partial charge on any atom is 0.407 e. The van der Waals surface area contributed by atoms with Crippen molar-refractivity contribution in [2.45, 2.75) is 25.4 Å². The maximum atomic E-state index is 11.2. The second-order valence-corrected chi connectivity index (χ2v) is 7.16. The van der Waals surface area contributed by atoms with Gasteiger partial charge in [0.15, 0.2) is 12.7 Å². The summed E-state index contributed by atoms with van der Waals surface area (Å²) >= 11 is 0. The SMILES string of the molecule is COc1ccc2c(c1)/C(=N\OC[C@@H]1CNC(=O)O1)C(C)(C)c1c(N)ncnc1-2. The smallest absolute Gasteiger partial charge is 0.407 e. The van der Waals surface area contributed by atoms with Gasteiger partial charge in [-0.3, -0.25) is 0 Å². The van der Waals surface area contributed by atoms with Gasteiger partial charge in [0, 0.05) is 22.1 Å². The van der Waals surface area contributed by atoms with Crippen LogP contribution >= 0.6 is 0 Å². The van der Waals surface area contributed by atoms with E-state index < -0.39 is 11.5 Å². The molecule has 1 aromatic carbocycles. The van der Waals surface area contributed by atoms with Gasteiger partial charge in [0.25, 0.3) is 0 Å². The summed E-state index contributed by atoms with van der Waals surface area (Å²) in [4.78, 5) is 25.4. The lowest BCUT2D eigenvalue weighted by Crippen LogP contribution is -2.36. The third-order valence-corrected chi connectivity index (χ3v) is 4.99. The van der Waals surface area contributed by atoms with Crippen molar-refractivity contribution in [3.8, 4) is 17.0 Å². The molecule has 0 radical (unpaired) electrons. The van der Waals surface area contributed by atoms with Crippen LogP contribution in [0.4, 0.5) is 10.6 Å². The molecule has 4 rings (SSSR count). The number of aromatic nitrogens is 2. The highest BCUT2D eigenvalue weighted by Crippen LogP contribution is 2.45. The number of carbonyl (C=O) groups excluding carboxylic acids is 1. The fourth-order valence-corrected chi connectivity index (χ4v) is 3.60. The van der Waals surface area contributed by atoms with E-state index in [9.17, 15) is 4.79 Å². The molecule has 2 heterocycles. The van der Waals surface area contributed by atoms with E-state index in [2.05, 4.69) is 20.4 Å². The van der Waals surface area contributed by atoms with Gasteiger partial charge in [-0.1, -0.05) is 5.16 Å². The molecule has 1 aliphatic heterocycles. The molecule has 1 atom stereocenters. The van der Waals surface area contributed by atoms with E-state index in [1.807, 2.05) is 32.0 Å². The van der Waals surface area contributed by atoms with E-state index in [0.29, 0.717) is 23.8 Å². The van der Waals surface area contributed by atoms with Gasteiger partial charge in [-0.2, -0.15) is 0 Å². The largest absolute Gasteiger partial charge is 0.497 e. The molecule has 2 aromatic rings. The average Bonchev–Trinajstić information content (AvgIpc) is 3.08. The van der Waals surface area contributed by atoms with Crippen molar-refractivity contribution in [3.63, 3.8) is 0 Å². The zero-order valence-electron chi connectivity index (χ0n) is 15.9. The van der Waals surface area contributed by atoms with Gasteiger partial charge in [0.1, 0.15) is 17.9 Å². The summed E-state index contributed by atoms with van der Waals surface area (Å²) in [7, 11) is 1.61. The molecule has 9 nitrogen and oxygen atoms in total. The van der Waals surface area contributed by atoms with Crippen LogP contribution < -0.4 is 15.8 Å². The minimum atomic E-state index is -0.607. The second kappa shape index (κ2) is 6.66. The monoisotopic (exact) mass is 383 g/mol. The molecule has 0 bridgehead atoms. The maximum absolute atomic E-state index is 11.2. The Morgan fingerprint density at radius 2 is 2.18 bits per heavy atom. The van der Waals surface area contributed by atoms with Crippen molar-refractivity contribution in [1.29, 1.82) is 0 Å². The topological polar surface area (TPSA) is 121 Å². The molecular formula is C19H21N5O4. The summed E-state index contributed by atoms with van der Waals surface area (Å²) in [6.07, 6.45) is 0.625. The minimum Gasteiger partial charge on any atom is -0.497 e. The van der Waals surface area contributed by atoms with Crippen LogP contribution in [0, 0.1) is 0 Å². The fraction of sp³-hybridized carbons (Fsp3) is 0.368. The van der Waals surface area contributed by atoms with Crippen molar-refractivity contribution in [1.82, 2.24) is 15.3 Å². The standard InChI is InChI=1S/C19H21N5O4/c1-19(2)14-15(22-9-23-17(14)20)12-5-4-10(26-3)6-13(12)16(19)24-27-8-11-7-21-18(25)28-11/h4-6,9,11H,7-8H2,1-3H3,(H,21,25)(H2,20,22,23)/b24-16+/t11-/m0/s1. The number of carbonyl (C=O) groups is 1. The molecule has 1 saturated heterocycles. The van der Waals surface area contributed by atoms with Gasteiger partial charge < -0.3 is 25.4 Å². The number of methoxy groups -OCH3 is 1. The first-order valence-corrected chi connectivity index (χ1v) is 8.86. The molecule has 1 fully saturated rings. The van der Waals surface area contributed by atoms with Crippen LogP contribution in [-0.4, -0.2) is 48.1 Å². The van der Waals surface area contributed by atoms with E-state index in [1.165, 1.54) is 6.33 Å². The predicted octanol–water partition coefficient (Wildman–Crippen LogP) is 1.85. The van der Waals surface area contributed by atoms with Crippen LogP contribution in [0.1, 0.15) is 25.0 Å². The van der Waals surface area contributed by atoms with Gasteiger partial charge >= 0.3 is 6.09 Å². The quantitative estimate of drug-likeness (QED) is 0.773. The van der Waals surface area contributed by atoms with Crippen molar-refractivity contribution in [2.24, 2.45) is 5.16 Å². The highest BCUT2D eigenvalue weighted by molar-refractivity contribution is 6.15. The molecular weight excluding hydrogens is 362 g/mol. The molecule has 1 aliphatic carbocycles. The van der Waals surface area contributed by atoms with Crippen LogP contribution in [-0.2, 0) is 15.0 Å². The first-order valence-electron chi connectivity index (χ1n) is 8.86. The molecule has 9 heteroatoms. The van der Waals surface area contributed by atoms with Gasteiger partial charge in [-0.15, -0.1) is 0 Å². The third kappa shape index (κ3) is 2.88.